The average Bonchev–Trinajstić information content (AvgIpc) is 2.40. The quantitative estimate of drug-likeness (QED) is 0.706. The summed E-state index contributed by atoms with van der Waals surface area (Å²) in [6.07, 6.45) is 0. The molecule has 20 heavy (non-hydrogen) atoms. The Balaban J connectivity index is 2.46. The van der Waals surface area contributed by atoms with Crippen molar-refractivity contribution in [1.82, 2.24) is 0 Å². The van der Waals surface area contributed by atoms with Gasteiger partial charge in [-0.2, -0.15) is 0 Å². The van der Waals surface area contributed by atoms with Crippen LogP contribution in [0, 0.1) is 19.7 Å². The monoisotopic (exact) mass is 292 g/mol. The molecule has 106 valence electrons. The van der Waals surface area contributed by atoms with Gasteiger partial charge in [0.15, 0.2) is 0 Å². The summed E-state index contributed by atoms with van der Waals surface area (Å²) >= 11 is 6.60. The lowest BCUT2D eigenvalue weighted by molar-refractivity contribution is 0.337. The fourth-order valence-electron chi connectivity index (χ4n) is 2.24. The number of alkyl halides is 1. The first-order valence-electron chi connectivity index (χ1n) is 6.66. The number of rotatable bonds is 4. The topological polar surface area (TPSA) is 9.23 Å². The van der Waals surface area contributed by atoms with Crippen LogP contribution in [-0.2, 0) is 0 Å². The molecule has 0 bridgehead atoms. The number of ether oxygens (including phenoxy) is 1. The van der Waals surface area contributed by atoms with Crippen LogP contribution < -0.4 is 4.74 Å². The van der Waals surface area contributed by atoms with Gasteiger partial charge in [-0.05, 0) is 50.1 Å². The first-order valence-corrected chi connectivity index (χ1v) is 7.10. The highest BCUT2D eigenvalue weighted by atomic mass is 35.5. The molecule has 0 heterocycles. The second-order valence-electron chi connectivity index (χ2n) is 4.84. The average molecular weight is 293 g/mol. The first kappa shape index (κ1) is 14.9. The van der Waals surface area contributed by atoms with E-state index >= 15 is 0 Å². The minimum absolute atomic E-state index is 0.246. The fourth-order valence-corrected chi connectivity index (χ4v) is 2.66. The van der Waals surface area contributed by atoms with Gasteiger partial charge in [0.2, 0.25) is 0 Å². The van der Waals surface area contributed by atoms with E-state index in [1.54, 1.807) is 6.07 Å². The summed E-state index contributed by atoms with van der Waals surface area (Å²) in [4.78, 5) is 0. The molecule has 0 aromatic heterocycles. The summed E-state index contributed by atoms with van der Waals surface area (Å²) in [5.41, 5.74) is 3.78. The molecule has 1 unspecified atom stereocenters. The summed E-state index contributed by atoms with van der Waals surface area (Å²) < 4.78 is 18.8. The molecule has 0 radical (unpaired) electrons. The van der Waals surface area contributed by atoms with Crippen LogP contribution in [0.3, 0.4) is 0 Å². The molecule has 0 aliphatic heterocycles. The minimum atomic E-state index is -0.350. The van der Waals surface area contributed by atoms with Crippen molar-refractivity contribution < 1.29 is 9.13 Å². The van der Waals surface area contributed by atoms with E-state index in [9.17, 15) is 4.39 Å². The Bertz CT molecular complexity index is 610. The highest BCUT2D eigenvalue weighted by molar-refractivity contribution is 6.23. The molecule has 0 aliphatic carbocycles. The van der Waals surface area contributed by atoms with Gasteiger partial charge in [0.25, 0.3) is 0 Å². The predicted octanol–water partition coefficient (Wildman–Crippen LogP) is 5.17. The Morgan fingerprint density at radius 2 is 1.85 bits per heavy atom. The Hall–Kier alpha value is -1.54. The van der Waals surface area contributed by atoms with Crippen LogP contribution in [0.2, 0.25) is 0 Å². The summed E-state index contributed by atoms with van der Waals surface area (Å²) in [6.45, 7) is 6.41. The van der Waals surface area contributed by atoms with Crippen LogP contribution in [0.15, 0.2) is 36.4 Å². The van der Waals surface area contributed by atoms with E-state index in [0.29, 0.717) is 6.61 Å². The summed E-state index contributed by atoms with van der Waals surface area (Å²) in [6, 6.07) is 10.6. The molecule has 2 rings (SSSR count). The second-order valence-corrected chi connectivity index (χ2v) is 5.27. The zero-order valence-corrected chi connectivity index (χ0v) is 12.7. The SMILES string of the molecule is CCOc1ccc(C)cc1C(Cl)c1ccc(F)cc1C. The molecule has 1 nitrogen and oxygen atoms in total. The molecule has 1 atom stereocenters. The maximum absolute atomic E-state index is 13.2. The number of hydrogen-bond acceptors (Lipinski definition) is 1. The van der Waals surface area contributed by atoms with Crippen molar-refractivity contribution in [2.45, 2.75) is 26.1 Å². The zero-order valence-electron chi connectivity index (χ0n) is 11.9. The summed E-state index contributed by atoms with van der Waals surface area (Å²) in [5.74, 6) is 0.534. The molecule has 0 saturated heterocycles. The van der Waals surface area contributed by atoms with Crippen molar-refractivity contribution in [2.75, 3.05) is 6.61 Å². The van der Waals surface area contributed by atoms with Crippen molar-refractivity contribution in [1.29, 1.82) is 0 Å². The third-order valence-electron chi connectivity index (χ3n) is 3.24. The van der Waals surface area contributed by atoms with Gasteiger partial charge in [0.1, 0.15) is 11.6 Å². The zero-order chi connectivity index (χ0) is 14.7. The number of hydrogen-bond donors (Lipinski definition) is 0. The van der Waals surface area contributed by atoms with Crippen molar-refractivity contribution in [3.8, 4) is 5.75 Å². The van der Waals surface area contributed by atoms with Crippen LogP contribution >= 0.6 is 11.6 Å². The molecular formula is C17H18ClFO. The lowest BCUT2D eigenvalue weighted by Crippen LogP contribution is -2.02. The number of halogens is 2. The first-order chi connectivity index (χ1) is 9.52. The largest absolute Gasteiger partial charge is 0.494 e. The molecule has 0 spiro atoms. The number of benzene rings is 2. The minimum Gasteiger partial charge on any atom is -0.494 e. The highest BCUT2D eigenvalue weighted by Crippen LogP contribution is 2.37. The lowest BCUT2D eigenvalue weighted by atomic mass is 9.98. The van der Waals surface area contributed by atoms with Crippen LogP contribution in [0.25, 0.3) is 0 Å². The van der Waals surface area contributed by atoms with E-state index in [1.807, 2.05) is 39.0 Å². The molecule has 0 amide bonds. The molecule has 3 heteroatoms. The van der Waals surface area contributed by atoms with Crippen molar-refractivity contribution in [3.63, 3.8) is 0 Å². The van der Waals surface area contributed by atoms with Crippen LogP contribution in [0.4, 0.5) is 4.39 Å². The molecule has 2 aromatic rings. The molecule has 0 aliphatic rings. The lowest BCUT2D eigenvalue weighted by Gasteiger charge is -2.18. The van der Waals surface area contributed by atoms with Crippen LogP contribution in [0.5, 0.6) is 5.75 Å². The van der Waals surface area contributed by atoms with E-state index in [1.165, 1.54) is 12.1 Å². The molecule has 0 fully saturated rings. The highest BCUT2D eigenvalue weighted by Gasteiger charge is 2.18. The molecule has 0 N–H and O–H groups in total. The molecular weight excluding hydrogens is 275 g/mol. The third-order valence-corrected chi connectivity index (χ3v) is 3.71. The van der Waals surface area contributed by atoms with Crippen molar-refractivity contribution in [3.05, 3.63) is 64.5 Å². The van der Waals surface area contributed by atoms with Crippen molar-refractivity contribution >= 4 is 11.6 Å². The van der Waals surface area contributed by atoms with Gasteiger partial charge in [-0.15, -0.1) is 11.6 Å². The van der Waals surface area contributed by atoms with E-state index in [2.05, 4.69) is 0 Å². The summed E-state index contributed by atoms with van der Waals surface area (Å²) in [5, 5.41) is -0.350. The Kier molecular flexibility index (Phi) is 4.66. The van der Waals surface area contributed by atoms with Gasteiger partial charge >= 0.3 is 0 Å². The van der Waals surface area contributed by atoms with E-state index in [0.717, 1.165) is 28.0 Å². The van der Waals surface area contributed by atoms with Crippen LogP contribution in [0.1, 0.15) is 34.6 Å². The van der Waals surface area contributed by atoms with Gasteiger partial charge in [-0.1, -0.05) is 23.8 Å². The predicted molar refractivity (Wildman–Crippen MR) is 81.2 cm³/mol. The second kappa shape index (κ2) is 6.27. The van der Waals surface area contributed by atoms with E-state index in [-0.39, 0.29) is 11.2 Å². The van der Waals surface area contributed by atoms with Crippen molar-refractivity contribution in [2.24, 2.45) is 0 Å². The van der Waals surface area contributed by atoms with Gasteiger partial charge in [0.05, 0.1) is 12.0 Å². The standard InChI is InChI=1S/C17H18ClFO/c1-4-20-16-8-5-11(2)9-15(16)17(18)14-7-6-13(19)10-12(14)3/h5-10,17H,4H2,1-3H3. The smallest absolute Gasteiger partial charge is 0.124 e. The number of aryl methyl sites for hydroxylation is 2. The summed E-state index contributed by atoms with van der Waals surface area (Å²) in [7, 11) is 0. The Morgan fingerprint density at radius 1 is 1.10 bits per heavy atom. The van der Waals surface area contributed by atoms with E-state index < -0.39 is 0 Å². The Labute approximate surface area is 124 Å². The normalized spacial score (nSPS) is 12.2. The van der Waals surface area contributed by atoms with Gasteiger partial charge in [-0.25, -0.2) is 4.39 Å². The van der Waals surface area contributed by atoms with Gasteiger partial charge in [0, 0.05) is 5.56 Å². The van der Waals surface area contributed by atoms with Gasteiger partial charge < -0.3 is 4.74 Å². The maximum atomic E-state index is 13.2. The molecule has 2 aromatic carbocycles. The maximum Gasteiger partial charge on any atom is 0.124 e. The van der Waals surface area contributed by atoms with Gasteiger partial charge in [-0.3, -0.25) is 0 Å². The fraction of sp³-hybridized carbons (Fsp3) is 0.294. The Morgan fingerprint density at radius 3 is 2.50 bits per heavy atom. The third kappa shape index (κ3) is 3.13. The van der Waals surface area contributed by atoms with Crippen LogP contribution in [-0.4, -0.2) is 6.61 Å². The van der Waals surface area contributed by atoms with E-state index in [4.69, 9.17) is 16.3 Å². The molecule has 0 saturated carbocycles.